The Balaban J connectivity index is 1.49. The number of Topliss-reactive ketones (excluding diaryl/α,β-unsaturated/α-hetero) is 1. The standard InChI is InChI=1S/C29H21BrFNO5/c1-13-10-23(34)26-20(27(13)35)12-19-17(24(26)14-2-9-22(33)21(31)11-14)7-8-18-25(19)29(37)32(28(18)36)16-5-3-15(30)4-6-16/h2-7,9-11,18-19,24-25,33H,8,12H2,1H3. The molecule has 4 unspecified atom stereocenters. The number of anilines is 1. The van der Waals surface area contributed by atoms with E-state index in [1.807, 2.05) is 6.08 Å². The quantitative estimate of drug-likeness (QED) is 0.319. The van der Waals surface area contributed by atoms with Crippen molar-refractivity contribution in [3.63, 3.8) is 0 Å². The van der Waals surface area contributed by atoms with Crippen LogP contribution in [-0.4, -0.2) is 28.5 Å². The number of rotatable bonds is 2. The number of imide groups is 1. The predicted octanol–water partition coefficient (Wildman–Crippen LogP) is 4.93. The van der Waals surface area contributed by atoms with Crippen molar-refractivity contribution >= 4 is 45.0 Å². The molecule has 8 heteroatoms. The minimum atomic E-state index is -0.842. The Morgan fingerprint density at radius 3 is 2.43 bits per heavy atom. The maximum atomic E-state index is 14.5. The highest BCUT2D eigenvalue weighted by atomic mass is 79.9. The molecule has 6 nitrogen and oxygen atoms in total. The van der Waals surface area contributed by atoms with E-state index in [1.165, 1.54) is 29.2 Å². The van der Waals surface area contributed by atoms with E-state index in [9.17, 15) is 28.7 Å². The molecule has 0 spiro atoms. The number of hydrogen-bond donors (Lipinski definition) is 1. The second-order valence-corrected chi connectivity index (χ2v) is 10.8. The molecule has 0 aromatic heterocycles. The lowest BCUT2D eigenvalue weighted by molar-refractivity contribution is -0.123. The normalized spacial score (nSPS) is 27.1. The van der Waals surface area contributed by atoms with Crippen molar-refractivity contribution in [1.82, 2.24) is 0 Å². The van der Waals surface area contributed by atoms with Crippen molar-refractivity contribution < 1.29 is 28.7 Å². The number of phenolic OH excluding ortho intramolecular Hbond substituents is 1. The van der Waals surface area contributed by atoms with Crippen LogP contribution >= 0.6 is 15.9 Å². The van der Waals surface area contributed by atoms with E-state index in [-0.39, 0.29) is 35.4 Å². The van der Waals surface area contributed by atoms with Gasteiger partial charge in [-0.1, -0.05) is 33.6 Å². The summed E-state index contributed by atoms with van der Waals surface area (Å²) in [7, 11) is 0. The fraction of sp³-hybridized carbons (Fsp3) is 0.241. The Kier molecular flexibility index (Phi) is 5.42. The lowest BCUT2D eigenvalue weighted by Crippen LogP contribution is -2.39. The number of allylic oxidation sites excluding steroid dienone is 6. The Morgan fingerprint density at radius 2 is 1.73 bits per heavy atom. The molecule has 1 heterocycles. The highest BCUT2D eigenvalue weighted by Crippen LogP contribution is 2.55. The van der Waals surface area contributed by atoms with Gasteiger partial charge in [-0.05, 0) is 73.7 Å². The number of fused-ring (bicyclic) bond motifs is 3. The van der Waals surface area contributed by atoms with Gasteiger partial charge in [0, 0.05) is 27.1 Å². The molecular formula is C29H21BrFNO5. The van der Waals surface area contributed by atoms with Gasteiger partial charge in [0.2, 0.25) is 11.8 Å². The molecule has 0 bridgehead atoms. The van der Waals surface area contributed by atoms with Crippen LogP contribution in [0, 0.1) is 23.6 Å². The van der Waals surface area contributed by atoms with Crippen molar-refractivity contribution in [1.29, 1.82) is 0 Å². The smallest absolute Gasteiger partial charge is 0.238 e. The lowest BCUT2D eigenvalue weighted by Gasteiger charge is -2.42. The Hall–Kier alpha value is -3.65. The summed E-state index contributed by atoms with van der Waals surface area (Å²) in [5.74, 6) is -5.14. The van der Waals surface area contributed by atoms with Crippen LogP contribution in [0.4, 0.5) is 10.1 Å². The number of halogens is 2. The summed E-state index contributed by atoms with van der Waals surface area (Å²) >= 11 is 3.37. The zero-order chi connectivity index (χ0) is 26.2. The van der Waals surface area contributed by atoms with Gasteiger partial charge in [0.25, 0.3) is 0 Å². The largest absolute Gasteiger partial charge is 0.505 e. The van der Waals surface area contributed by atoms with Gasteiger partial charge in [-0.3, -0.25) is 24.1 Å². The SMILES string of the molecule is CC1=CC(=O)C2=C(CC3C(=CCC4C(=O)N(c5ccc(Br)cc5)C(=O)C43)C2c2ccc(O)c(F)c2)C1=O. The average Bonchev–Trinajstić information content (AvgIpc) is 3.13. The number of phenols is 1. The number of carbonyl (C=O) groups excluding carboxylic acids is 4. The highest BCUT2D eigenvalue weighted by Gasteiger charge is 2.56. The maximum absolute atomic E-state index is 14.5. The van der Waals surface area contributed by atoms with Gasteiger partial charge in [-0.25, -0.2) is 4.39 Å². The summed E-state index contributed by atoms with van der Waals surface area (Å²) < 4.78 is 15.3. The van der Waals surface area contributed by atoms with E-state index in [1.54, 1.807) is 31.2 Å². The first kappa shape index (κ1) is 23.7. The van der Waals surface area contributed by atoms with Crippen molar-refractivity contribution in [3.8, 4) is 5.75 Å². The number of carbonyl (C=O) groups is 4. The summed E-state index contributed by atoms with van der Waals surface area (Å²) in [5.41, 5.74) is 2.52. The van der Waals surface area contributed by atoms with Gasteiger partial charge >= 0.3 is 0 Å². The minimum absolute atomic E-state index is 0.155. The van der Waals surface area contributed by atoms with Gasteiger partial charge in [0.15, 0.2) is 23.1 Å². The van der Waals surface area contributed by atoms with Crippen LogP contribution in [0.5, 0.6) is 5.75 Å². The average molecular weight is 562 g/mol. The molecule has 2 amide bonds. The Morgan fingerprint density at radius 1 is 1.00 bits per heavy atom. The molecule has 4 atom stereocenters. The summed E-state index contributed by atoms with van der Waals surface area (Å²) in [6.45, 7) is 1.58. The topological polar surface area (TPSA) is 91.8 Å². The third kappa shape index (κ3) is 3.49. The van der Waals surface area contributed by atoms with E-state index in [0.717, 1.165) is 10.0 Å². The summed E-state index contributed by atoms with van der Waals surface area (Å²) in [4.78, 5) is 54.9. The van der Waals surface area contributed by atoms with E-state index < -0.39 is 35.2 Å². The lowest BCUT2D eigenvalue weighted by atomic mass is 9.59. The second kappa shape index (κ2) is 8.45. The Bertz CT molecular complexity index is 1520. The molecule has 186 valence electrons. The zero-order valence-corrected chi connectivity index (χ0v) is 21.3. The van der Waals surface area contributed by atoms with Crippen LogP contribution in [0.15, 0.2) is 81.4 Å². The number of nitrogens with zero attached hydrogens (tertiary/aromatic N) is 1. The Labute approximate surface area is 220 Å². The van der Waals surface area contributed by atoms with Gasteiger partial charge in [0.05, 0.1) is 17.5 Å². The predicted molar refractivity (Wildman–Crippen MR) is 136 cm³/mol. The third-order valence-electron chi connectivity index (χ3n) is 7.95. The highest BCUT2D eigenvalue weighted by molar-refractivity contribution is 9.10. The van der Waals surface area contributed by atoms with Crippen LogP contribution in [0.3, 0.4) is 0 Å². The van der Waals surface area contributed by atoms with Crippen molar-refractivity contribution in [3.05, 3.63) is 92.8 Å². The second-order valence-electron chi connectivity index (χ2n) is 9.93. The molecule has 1 aliphatic heterocycles. The molecule has 37 heavy (non-hydrogen) atoms. The van der Waals surface area contributed by atoms with Gasteiger partial charge in [-0.2, -0.15) is 0 Å². The maximum Gasteiger partial charge on any atom is 0.238 e. The first-order valence-electron chi connectivity index (χ1n) is 12.0. The molecule has 2 aromatic carbocycles. The summed E-state index contributed by atoms with van der Waals surface area (Å²) in [5, 5.41) is 9.75. The molecule has 1 saturated heterocycles. The van der Waals surface area contributed by atoms with Crippen LogP contribution in [0.2, 0.25) is 0 Å². The molecule has 4 aliphatic rings. The van der Waals surface area contributed by atoms with Crippen LogP contribution < -0.4 is 4.90 Å². The number of hydrogen-bond acceptors (Lipinski definition) is 5. The van der Waals surface area contributed by atoms with Crippen LogP contribution in [0.1, 0.15) is 31.2 Å². The number of aromatic hydroxyl groups is 1. The minimum Gasteiger partial charge on any atom is -0.505 e. The molecule has 1 fully saturated rings. The first-order valence-corrected chi connectivity index (χ1v) is 12.8. The molecule has 2 aromatic rings. The van der Waals surface area contributed by atoms with E-state index in [0.29, 0.717) is 28.8 Å². The van der Waals surface area contributed by atoms with Gasteiger partial charge < -0.3 is 5.11 Å². The van der Waals surface area contributed by atoms with Gasteiger partial charge in [-0.15, -0.1) is 0 Å². The third-order valence-corrected chi connectivity index (χ3v) is 8.48. The van der Waals surface area contributed by atoms with Crippen molar-refractivity contribution in [2.24, 2.45) is 17.8 Å². The van der Waals surface area contributed by atoms with E-state index in [4.69, 9.17) is 0 Å². The van der Waals surface area contributed by atoms with Crippen molar-refractivity contribution in [2.75, 3.05) is 4.90 Å². The number of benzene rings is 2. The molecule has 3 aliphatic carbocycles. The van der Waals surface area contributed by atoms with Crippen molar-refractivity contribution in [2.45, 2.75) is 25.7 Å². The summed E-state index contributed by atoms with van der Waals surface area (Å²) in [6, 6.07) is 10.8. The van der Waals surface area contributed by atoms with Crippen LogP contribution in [0.25, 0.3) is 0 Å². The molecule has 0 saturated carbocycles. The molecular weight excluding hydrogens is 541 g/mol. The van der Waals surface area contributed by atoms with Gasteiger partial charge in [0.1, 0.15) is 0 Å². The van der Waals surface area contributed by atoms with Crippen LogP contribution in [-0.2, 0) is 19.2 Å². The molecule has 1 N–H and O–H groups in total. The fourth-order valence-corrected chi connectivity index (χ4v) is 6.57. The first-order chi connectivity index (χ1) is 17.7. The summed E-state index contributed by atoms with van der Waals surface area (Å²) in [6.07, 6.45) is 3.63. The number of ketones is 2. The molecule has 6 rings (SSSR count). The monoisotopic (exact) mass is 561 g/mol. The van der Waals surface area contributed by atoms with E-state index in [2.05, 4.69) is 15.9 Å². The zero-order valence-electron chi connectivity index (χ0n) is 19.7. The molecule has 0 radical (unpaired) electrons. The number of amides is 2. The van der Waals surface area contributed by atoms with E-state index >= 15 is 0 Å². The fourth-order valence-electron chi connectivity index (χ4n) is 6.31.